The number of nitrogens with one attached hydrogen (secondary N) is 1. The fourth-order valence-electron chi connectivity index (χ4n) is 3.47. The lowest BCUT2D eigenvalue weighted by molar-refractivity contribution is -0.117. The van der Waals surface area contributed by atoms with Crippen LogP contribution in [0.15, 0.2) is 36.4 Å². The van der Waals surface area contributed by atoms with Gasteiger partial charge < -0.3 is 14.4 Å². The lowest BCUT2D eigenvalue weighted by atomic mass is 10.1. The maximum atomic E-state index is 12.7. The van der Waals surface area contributed by atoms with Gasteiger partial charge in [0.05, 0.1) is 19.8 Å². The Morgan fingerprint density at radius 1 is 1.19 bits per heavy atom. The smallest absolute Gasteiger partial charge is 0.261 e. The van der Waals surface area contributed by atoms with Gasteiger partial charge in [0, 0.05) is 35.7 Å². The molecule has 1 aliphatic rings. The summed E-state index contributed by atoms with van der Waals surface area (Å²) in [7, 11) is 3.03. The van der Waals surface area contributed by atoms with Crippen molar-refractivity contribution in [3.8, 4) is 11.5 Å². The van der Waals surface area contributed by atoms with Crippen LogP contribution in [-0.2, 0) is 4.79 Å². The molecule has 1 N–H and O–H groups in total. The van der Waals surface area contributed by atoms with Gasteiger partial charge in [0.2, 0.25) is 11.0 Å². The van der Waals surface area contributed by atoms with Crippen LogP contribution in [-0.4, -0.2) is 42.8 Å². The molecule has 2 amide bonds. The maximum absolute atomic E-state index is 12.7. The van der Waals surface area contributed by atoms with Gasteiger partial charge in [-0.25, -0.2) is 0 Å². The van der Waals surface area contributed by atoms with Crippen LogP contribution in [0.5, 0.6) is 11.5 Å². The molecule has 10 heteroatoms. The number of benzene rings is 2. The summed E-state index contributed by atoms with van der Waals surface area (Å²) in [6.07, 6.45) is 0.320. The van der Waals surface area contributed by atoms with E-state index in [0.717, 1.165) is 11.3 Å². The first-order valence-corrected chi connectivity index (χ1v) is 11.0. The fraction of sp³-hybridized carbons (Fsp3) is 0.273. The fourth-order valence-corrected chi connectivity index (χ4v) is 4.48. The van der Waals surface area contributed by atoms with Gasteiger partial charge in [-0.3, -0.25) is 14.9 Å². The Bertz CT molecular complexity index is 1180. The number of anilines is 2. The summed E-state index contributed by atoms with van der Waals surface area (Å²) in [5.41, 5.74) is 2.07. The highest BCUT2D eigenvalue weighted by atomic mass is 35.5. The van der Waals surface area contributed by atoms with Gasteiger partial charge in [-0.1, -0.05) is 29.0 Å². The Labute approximate surface area is 194 Å². The number of carbonyl (C=O) groups excluding carboxylic acids is 2. The van der Waals surface area contributed by atoms with Gasteiger partial charge in [-0.15, -0.1) is 10.2 Å². The lowest BCUT2D eigenvalue weighted by Gasteiger charge is -2.17. The SMILES string of the molecule is COc1ccc(C(=O)Nc2nnc(C3CC(=O)N(c4ccc(C)c(Cl)c4)C3)s2)c(OC)c1. The number of carbonyl (C=O) groups is 2. The Kier molecular flexibility index (Phi) is 6.29. The quantitative estimate of drug-likeness (QED) is 0.575. The standard InChI is InChI=1S/C22H21ClN4O4S/c1-12-4-5-14(9-17(12)23)27-11-13(8-19(27)28)21-25-26-22(32-21)24-20(29)16-7-6-15(30-2)10-18(16)31-3/h4-7,9-10,13H,8,11H2,1-3H3,(H,24,26,29). The van der Waals surface area contributed by atoms with E-state index in [9.17, 15) is 9.59 Å². The molecule has 1 saturated heterocycles. The second kappa shape index (κ2) is 9.13. The summed E-state index contributed by atoms with van der Waals surface area (Å²) in [6.45, 7) is 2.40. The molecule has 32 heavy (non-hydrogen) atoms. The molecule has 0 aliphatic carbocycles. The molecule has 8 nitrogen and oxygen atoms in total. The monoisotopic (exact) mass is 472 g/mol. The first-order valence-electron chi connectivity index (χ1n) is 9.83. The summed E-state index contributed by atoms with van der Waals surface area (Å²) in [5.74, 6) is 0.493. The highest BCUT2D eigenvalue weighted by Gasteiger charge is 2.34. The average Bonchev–Trinajstić information content (AvgIpc) is 3.41. The van der Waals surface area contributed by atoms with E-state index < -0.39 is 0 Å². The van der Waals surface area contributed by atoms with Crippen molar-refractivity contribution in [3.63, 3.8) is 0 Å². The highest BCUT2D eigenvalue weighted by molar-refractivity contribution is 7.15. The second-order valence-electron chi connectivity index (χ2n) is 7.30. The van der Waals surface area contributed by atoms with Crippen LogP contribution in [0.25, 0.3) is 0 Å². The molecule has 4 rings (SSSR count). The zero-order chi connectivity index (χ0) is 22.8. The van der Waals surface area contributed by atoms with Gasteiger partial charge in [-0.05, 0) is 36.8 Å². The molecule has 0 spiro atoms. The molecule has 1 atom stereocenters. The van der Waals surface area contributed by atoms with Crippen molar-refractivity contribution in [2.45, 2.75) is 19.3 Å². The summed E-state index contributed by atoms with van der Waals surface area (Å²) in [4.78, 5) is 27.0. The van der Waals surface area contributed by atoms with Crippen LogP contribution in [0.3, 0.4) is 0 Å². The number of rotatable bonds is 6. The number of ether oxygens (including phenoxy) is 2. The molecular formula is C22H21ClN4O4S. The molecular weight excluding hydrogens is 452 g/mol. The molecule has 0 saturated carbocycles. The molecule has 166 valence electrons. The minimum atomic E-state index is -0.370. The van der Waals surface area contributed by atoms with Gasteiger partial charge in [0.25, 0.3) is 5.91 Å². The zero-order valence-corrected chi connectivity index (χ0v) is 19.3. The summed E-state index contributed by atoms with van der Waals surface area (Å²) < 4.78 is 10.4. The maximum Gasteiger partial charge on any atom is 0.261 e. The summed E-state index contributed by atoms with van der Waals surface area (Å²) in [5, 5.41) is 12.7. The first kappa shape index (κ1) is 22.0. The third-order valence-corrected chi connectivity index (χ3v) is 6.66. The number of aromatic nitrogens is 2. The average molecular weight is 473 g/mol. The van der Waals surface area contributed by atoms with Gasteiger partial charge in [-0.2, -0.15) is 0 Å². The first-order chi connectivity index (χ1) is 15.4. The normalized spacial score (nSPS) is 15.7. The van der Waals surface area contributed by atoms with Crippen molar-refractivity contribution in [1.29, 1.82) is 0 Å². The van der Waals surface area contributed by atoms with Crippen molar-refractivity contribution >= 4 is 45.6 Å². The predicted molar refractivity (Wildman–Crippen MR) is 123 cm³/mol. The van der Waals surface area contributed by atoms with E-state index in [0.29, 0.717) is 45.2 Å². The van der Waals surface area contributed by atoms with Crippen LogP contribution in [0.1, 0.15) is 33.3 Å². The number of aryl methyl sites for hydroxylation is 1. The lowest BCUT2D eigenvalue weighted by Crippen LogP contribution is -2.24. The zero-order valence-electron chi connectivity index (χ0n) is 17.7. The third kappa shape index (κ3) is 4.39. The van der Waals surface area contributed by atoms with Gasteiger partial charge in [0.1, 0.15) is 16.5 Å². The van der Waals surface area contributed by atoms with Gasteiger partial charge in [0.15, 0.2) is 0 Å². The molecule has 1 aromatic heterocycles. The van der Waals surface area contributed by atoms with E-state index >= 15 is 0 Å². The van der Waals surface area contributed by atoms with Crippen molar-refractivity contribution in [2.24, 2.45) is 0 Å². The van der Waals surface area contributed by atoms with E-state index in [1.165, 1.54) is 18.4 Å². The Balaban J connectivity index is 1.47. The van der Waals surface area contributed by atoms with Crippen molar-refractivity contribution in [2.75, 3.05) is 31.0 Å². The van der Waals surface area contributed by atoms with Crippen molar-refractivity contribution in [1.82, 2.24) is 10.2 Å². The number of hydrogen-bond donors (Lipinski definition) is 1. The van der Waals surface area contributed by atoms with Crippen LogP contribution in [0.4, 0.5) is 10.8 Å². The van der Waals surface area contributed by atoms with Crippen molar-refractivity contribution < 1.29 is 19.1 Å². The van der Waals surface area contributed by atoms with Gasteiger partial charge >= 0.3 is 0 Å². The molecule has 1 fully saturated rings. The summed E-state index contributed by atoms with van der Waals surface area (Å²) >= 11 is 7.47. The largest absolute Gasteiger partial charge is 0.497 e. The molecule has 0 radical (unpaired) electrons. The second-order valence-corrected chi connectivity index (χ2v) is 8.72. The number of halogens is 1. The minimum Gasteiger partial charge on any atom is -0.497 e. The van der Waals surface area contributed by atoms with E-state index in [2.05, 4.69) is 15.5 Å². The van der Waals surface area contributed by atoms with E-state index in [4.69, 9.17) is 21.1 Å². The molecule has 3 aromatic rings. The van der Waals surface area contributed by atoms with Crippen LogP contribution in [0, 0.1) is 6.92 Å². The van der Waals surface area contributed by atoms with Crippen LogP contribution >= 0.6 is 22.9 Å². The number of nitrogens with zero attached hydrogens (tertiary/aromatic N) is 3. The topological polar surface area (TPSA) is 93.7 Å². The molecule has 1 aliphatic heterocycles. The minimum absolute atomic E-state index is 0.00123. The number of amides is 2. The molecule has 0 bridgehead atoms. The summed E-state index contributed by atoms with van der Waals surface area (Å²) in [6, 6.07) is 10.5. The number of methoxy groups -OCH3 is 2. The predicted octanol–water partition coefficient (Wildman–Crippen LogP) is 4.29. The third-order valence-electron chi connectivity index (χ3n) is 5.26. The van der Waals surface area contributed by atoms with Crippen LogP contribution < -0.4 is 19.7 Å². The van der Waals surface area contributed by atoms with E-state index in [-0.39, 0.29) is 17.7 Å². The molecule has 2 heterocycles. The Hall–Kier alpha value is -3.17. The Morgan fingerprint density at radius 2 is 2.00 bits per heavy atom. The van der Waals surface area contributed by atoms with E-state index in [1.807, 2.05) is 19.1 Å². The van der Waals surface area contributed by atoms with Crippen molar-refractivity contribution in [3.05, 3.63) is 57.6 Å². The highest BCUT2D eigenvalue weighted by Crippen LogP contribution is 2.35. The van der Waals surface area contributed by atoms with Crippen LogP contribution in [0.2, 0.25) is 5.02 Å². The molecule has 2 aromatic carbocycles. The van der Waals surface area contributed by atoms with E-state index in [1.54, 1.807) is 36.3 Å². The Morgan fingerprint density at radius 3 is 2.72 bits per heavy atom. The molecule has 1 unspecified atom stereocenters. The number of hydrogen-bond acceptors (Lipinski definition) is 7.